The normalized spacial score (nSPS) is 19.0. The van der Waals surface area contributed by atoms with Gasteiger partial charge in [0.15, 0.2) is 0 Å². The van der Waals surface area contributed by atoms with Gasteiger partial charge in [-0.05, 0) is 72.5 Å². The number of carbonyl (C=O) groups is 2. The molecule has 1 fully saturated rings. The molecule has 1 heterocycles. The minimum absolute atomic E-state index is 0.103. The number of anilines is 1. The molecular weight excluding hydrogens is 400 g/mol. The average molecular weight is 421 g/mol. The standard InChI is InChI=1S/C25H21F2NO3/c26-19-6-1-16(2-7-19)18(15-29)5-14-23-24(17-3-12-22(30)13-4-17)28(25(23)31)21-10-8-20(27)9-11-21/h1-4,6-13,15,18,23-24,30H,5,14H2/t18-,23-,24-/m1/s1. The van der Waals surface area contributed by atoms with Crippen LogP contribution < -0.4 is 4.90 Å². The zero-order valence-corrected chi connectivity index (χ0v) is 16.6. The lowest BCUT2D eigenvalue weighted by Crippen LogP contribution is -2.55. The molecule has 31 heavy (non-hydrogen) atoms. The van der Waals surface area contributed by atoms with Crippen molar-refractivity contribution in [3.05, 3.63) is 95.6 Å². The molecule has 3 atom stereocenters. The Balaban J connectivity index is 1.57. The molecule has 1 aliphatic rings. The van der Waals surface area contributed by atoms with E-state index < -0.39 is 5.92 Å². The molecule has 1 saturated heterocycles. The molecular formula is C25H21F2NO3. The topological polar surface area (TPSA) is 57.6 Å². The summed E-state index contributed by atoms with van der Waals surface area (Å²) in [5.41, 5.74) is 2.14. The van der Waals surface area contributed by atoms with Crippen molar-refractivity contribution in [3.8, 4) is 5.75 Å². The van der Waals surface area contributed by atoms with Crippen LogP contribution in [0, 0.1) is 17.6 Å². The van der Waals surface area contributed by atoms with Crippen LogP contribution in [0.1, 0.15) is 35.9 Å². The molecule has 1 aliphatic heterocycles. The van der Waals surface area contributed by atoms with Crippen LogP contribution in [0.15, 0.2) is 72.8 Å². The number of phenols is 1. The Hall–Kier alpha value is -3.54. The van der Waals surface area contributed by atoms with E-state index in [0.717, 1.165) is 11.8 Å². The lowest BCUT2D eigenvalue weighted by atomic mass is 9.77. The summed E-state index contributed by atoms with van der Waals surface area (Å²) in [6.07, 6.45) is 1.73. The van der Waals surface area contributed by atoms with E-state index in [-0.39, 0.29) is 35.3 Å². The van der Waals surface area contributed by atoms with Crippen molar-refractivity contribution in [1.29, 1.82) is 0 Å². The van der Waals surface area contributed by atoms with Crippen LogP contribution in [0.3, 0.4) is 0 Å². The first-order valence-corrected chi connectivity index (χ1v) is 10.1. The first-order chi connectivity index (χ1) is 15.0. The highest BCUT2D eigenvalue weighted by molar-refractivity contribution is 6.03. The summed E-state index contributed by atoms with van der Waals surface area (Å²) in [7, 11) is 0. The second-order valence-electron chi connectivity index (χ2n) is 7.70. The van der Waals surface area contributed by atoms with Crippen molar-refractivity contribution in [2.24, 2.45) is 5.92 Å². The molecule has 3 aromatic carbocycles. The maximum absolute atomic E-state index is 13.4. The molecule has 0 unspecified atom stereocenters. The number of β-lactam (4-membered cyclic amide) rings is 1. The zero-order chi connectivity index (χ0) is 22.0. The lowest BCUT2D eigenvalue weighted by Gasteiger charge is -2.48. The van der Waals surface area contributed by atoms with Gasteiger partial charge in [0.05, 0.1) is 12.0 Å². The Bertz CT molecular complexity index is 1070. The van der Waals surface area contributed by atoms with Gasteiger partial charge in [-0.3, -0.25) is 4.79 Å². The van der Waals surface area contributed by atoms with Crippen molar-refractivity contribution >= 4 is 17.9 Å². The number of aromatic hydroxyl groups is 1. The highest BCUT2D eigenvalue weighted by Gasteiger charge is 2.48. The summed E-state index contributed by atoms with van der Waals surface area (Å²) in [6, 6.07) is 17.9. The molecule has 158 valence electrons. The number of hydrogen-bond donors (Lipinski definition) is 1. The first kappa shape index (κ1) is 20.7. The molecule has 0 saturated carbocycles. The fourth-order valence-corrected chi connectivity index (χ4v) is 4.15. The minimum atomic E-state index is -0.436. The van der Waals surface area contributed by atoms with Gasteiger partial charge in [0.25, 0.3) is 0 Å². The summed E-state index contributed by atoms with van der Waals surface area (Å²) < 4.78 is 26.6. The number of aldehydes is 1. The summed E-state index contributed by atoms with van der Waals surface area (Å²) in [5.74, 6) is -1.54. The van der Waals surface area contributed by atoms with Crippen molar-refractivity contribution in [2.45, 2.75) is 24.8 Å². The van der Waals surface area contributed by atoms with Gasteiger partial charge in [-0.15, -0.1) is 0 Å². The second-order valence-corrected chi connectivity index (χ2v) is 7.70. The molecule has 0 radical (unpaired) electrons. The van der Waals surface area contributed by atoms with Crippen molar-refractivity contribution in [3.63, 3.8) is 0 Å². The van der Waals surface area contributed by atoms with E-state index in [4.69, 9.17) is 0 Å². The summed E-state index contributed by atoms with van der Waals surface area (Å²) in [4.78, 5) is 26.3. The van der Waals surface area contributed by atoms with Gasteiger partial charge in [0.2, 0.25) is 5.91 Å². The van der Waals surface area contributed by atoms with Crippen LogP contribution >= 0.6 is 0 Å². The van der Waals surface area contributed by atoms with Crippen molar-refractivity contribution < 1.29 is 23.5 Å². The van der Waals surface area contributed by atoms with Crippen LogP contribution in [0.4, 0.5) is 14.5 Å². The van der Waals surface area contributed by atoms with E-state index in [1.165, 1.54) is 24.3 Å². The number of benzene rings is 3. The van der Waals surface area contributed by atoms with Gasteiger partial charge < -0.3 is 14.8 Å². The fourth-order valence-electron chi connectivity index (χ4n) is 4.15. The van der Waals surface area contributed by atoms with Gasteiger partial charge in [-0.2, -0.15) is 0 Å². The number of phenolic OH excluding ortho intramolecular Hbond substituents is 1. The Kier molecular flexibility index (Phi) is 5.80. The third-order valence-corrected chi connectivity index (χ3v) is 5.80. The first-order valence-electron chi connectivity index (χ1n) is 10.1. The summed E-state index contributed by atoms with van der Waals surface area (Å²) in [5, 5.41) is 9.63. The second kappa shape index (κ2) is 8.68. The zero-order valence-electron chi connectivity index (χ0n) is 16.6. The number of hydrogen-bond acceptors (Lipinski definition) is 3. The quantitative estimate of drug-likeness (QED) is 0.425. The number of halogens is 2. The predicted octanol–water partition coefficient (Wildman–Crippen LogP) is 5.14. The molecule has 0 aromatic heterocycles. The smallest absolute Gasteiger partial charge is 0.233 e. The van der Waals surface area contributed by atoms with Crippen LogP contribution in [-0.4, -0.2) is 17.3 Å². The van der Waals surface area contributed by atoms with E-state index in [2.05, 4.69) is 0 Å². The maximum atomic E-state index is 13.4. The Labute approximate surface area is 178 Å². The predicted molar refractivity (Wildman–Crippen MR) is 113 cm³/mol. The molecule has 0 bridgehead atoms. The Morgan fingerprint density at radius 3 is 2.06 bits per heavy atom. The molecule has 1 N–H and O–H groups in total. The van der Waals surface area contributed by atoms with Crippen LogP contribution in [0.2, 0.25) is 0 Å². The van der Waals surface area contributed by atoms with Gasteiger partial charge in [0.1, 0.15) is 23.7 Å². The van der Waals surface area contributed by atoms with Crippen LogP contribution in [0.25, 0.3) is 0 Å². The number of amides is 1. The molecule has 1 amide bonds. The van der Waals surface area contributed by atoms with E-state index >= 15 is 0 Å². The molecule has 0 spiro atoms. The van der Waals surface area contributed by atoms with Gasteiger partial charge >= 0.3 is 0 Å². The van der Waals surface area contributed by atoms with E-state index in [9.17, 15) is 23.5 Å². The molecule has 0 aliphatic carbocycles. The van der Waals surface area contributed by atoms with Gasteiger partial charge in [-0.1, -0.05) is 24.3 Å². The van der Waals surface area contributed by atoms with Gasteiger partial charge in [-0.25, -0.2) is 8.78 Å². The van der Waals surface area contributed by atoms with Crippen molar-refractivity contribution in [2.75, 3.05) is 4.90 Å². The van der Waals surface area contributed by atoms with Crippen molar-refractivity contribution in [1.82, 2.24) is 0 Å². The third-order valence-electron chi connectivity index (χ3n) is 5.80. The monoisotopic (exact) mass is 421 g/mol. The molecule has 3 aromatic rings. The lowest BCUT2D eigenvalue weighted by molar-refractivity contribution is -0.131. The summed E-state index contributed by atoms with van der Waals surface area (Å²) >= 11 is 0. The van der Waals surface area contributed by atoms with Gasteiger partial charge in [0, 0.05) is 11.6 Å². The number of rotatable bonds is 7. The maximum Gasteiger partial charge on any atom is 0.233 e. The van der Waals surface area contributed by atoms with Crippen LogP contribution in [-0.2, 0) is 9.59 Å². The highest BCUT2D eigenvalue weighted by atomic mass is 19.1. The fraction of sp³-hybridized carbons (Fsp3) is 0.200. The minimum Gasteiger partial charge on any atom is -0.508 e. The average Bonchev–Trinajstić information content (AvgIpc) is 2.78. The number of nitrogens with zero attached hydrogens (tertiary/aromatic N) is 1. The van der Waals surface area contributed by atoms with Crippen LogP contribution in [0.5, 0.6) is 5.75 Å². The molecule has 4 nitrogen and oxygen atoms in total. The highest BCUT2D eigenvalue weighted by Crippen LogP contribution is 2.46. The molecule has 6 heteroatoms. The van der Waals surface area contributed by atoms with E-state index in [1.54, 1.807) is 53.4 Å². The van der Waals surface area contributed by atoms with E-state index in [0.29, 0.717) is 24.1 Å². The molecule has 4 rings (SSSR count). The number of carbonyl (C=O) groups excluding carboxylic acids is 2. The Morgan fingerprint density at radius 2 is 1.48 bits per heavy atom. The Morgan fingerprint density at radius 1 is 0.903 bits per heavy atom. The SMILES string of the molecule is O=C[C@@H](CC[C@H]1C(=O)N(c2ccc(F)cc2)[C@@H]1c1ccc(O)cc1)c1ccc(F)cc1. The largest absolute Gasteiger partial charge is 0.508 e. The van der Waals surface area contributed by atoms with E-state index in [1.807, 2.05) is 0 Å². The third kappa shape index (κ3) is 4.19. The summed E-state index contributed by atoms with van der Waals surface area (Å²) in [6.45, 7) is 0.